The van der Waals surface area contributed by atoms with Crippen LogP contribution in [-0.4, -0.2) is 58.4 Å². The van der Waals surface area contributed by atoms with Gasteiger partial charge in [0.2, 0.25) is 5.91 Å². The number of hydrogen-bond donors (Lipinski definition) is 2. The second kappa shape index (κ2) is 13.6. The lowest BCUT2D eigenvalue weighted by Gasteiger charge is -2.21. The molecule has 1 aliphatic heterocycles. The van der Waals surface area contributed by atoms with Gasteiger partial charge in [0.1, 0.15) is 17.3 Å². The zero-order valence-electron chi connectivity index (χ0n) is 30.0. The quantitative estimate of drug-likeness (QED) is 0.184. The molecule has 3 amide bonds. The monoisotopic (exact) mass is 717 g/mol. The molecule has 1 fully saturated rings. The zero-order valence-corrected chi connectivity index (χ0v) is 30.0. The van der Waals surface area contributed by atoms with Crippen molar-refractivity contribution >= 4 is 50.6 Å². The number of aromatic nitrogens is 7. The van der Waals surface area contributed by atoms with Crippen molar-refractivity contribution in [2.75, 3.05) is 6.54 Å². The molecule has 2 N–H and O–H groups in total. The lowest BCUT2D eigenvalue weighted by atomic mass is 9.93. The highest BCUT2D eigenvalue weighted by molar-refractivity contribution is 6.01. The fourth-order valence-electron chi connectivity index (χ4n) is 7.06. The third-order valence-electron chi connectivity index (χ3n) is 9.93. The smallest absolute Gasteiger partial charge is 0.328 e. The molecule has 0 saturated carbocycles. The van der Waals surface area contributed by atoms with Crippen molar-refractivity contribution in [3.63, 3.8) is 0 Å². The Bertz CT molecular complexity index is 2800. The molecule has 7 aromatic rings. The number of pyridine rings is 2. The number of piperidine rings is 1. The molecular formula is C41H35N9O4. The van der Waals surface area contributed by atoms with Gasteiger partial charge in [-0.3, -0.25) is 38.8 Å². The molecule has 0 bridgehead atoms. The number of rotatable bonds is 6. The van der Waals surface area contributed by atoms with E-state index >= 15 is 0 Å². The second-order valence-corrected chi connectivity index (χ2v) is 13.7. The minimum Gasteiger partial charge on any atom is -0.340 e. The van der Waals surface area contributed by atoms with Gasteiger partial charge < -0.3 is 5.32 Å². The Hall–Kier alpha value is -6.94. The highest BCUT2D eigenvalue weighted by atomic mass is 16.2. The van der Waals surface area contributed by atoms with E-state index in [0.717, 1.165) is 49.8 Å². The zero-order chi connectivity index (χ0) is 37.7. The van der Waals surface area contributed by atoms with Crippen LogP contribution in [-0.2, 0) is 23.7 Å². The summed E-state index contributed by atoms with van der Waals surface area (Å²) in [5.74, 6) is 5.14. The van der Waals surface area contributed by atoms with E-state index < -0.39 is 11.9 Å². The Morgan fingerprint density at radius 3 is 2.57 bits per heavy atom. The van der Waals surface area contributed by atoms with E-state index in [1.807, 2.05) is 37.5 Å². The van der Waals surface area contributed by atoms with Gasteiger partial charge in [-0.1, -0.05) is 49.1 Å². The Morgan fingerprint density at radius 1 is 0.944 bits per heavy atom. The summed E-state index contributed by atoms with van der Waals surface area (Å²) in [6, 6.07) is 20.6. The van der Waals surface area contributed by atoms with Crippen LogP contribution >= 0.6 is 0 Å². The van der Waals surface area contributed by atoms with Crippen LogP contribution in [0.4, 0.5) is 0 Å². The maximum absolute atomic E-state index is 12.9. The van der Waals surface area contributed by atoms with Gasteiger partial charge in [-0.05, 0) is 82.9 Å². The van der Waals surface area contributed by atoms with Gasteiger partial charge in [-0.15, -0.1) is 5.10 Å². The van der Waals surface area contributed by atoms with Gasteiger partial charge in [0.15, 0.2) is 0 Å². The molecule has 54 heavy (non-hydrogen) atoms. The molecule has 13 nitrogen and oxygen atoms in total. The van der Waals surface area contributed by atoms with Crippen molar-refractivity contribution < 1.29 is 14.4 Å². The summed E-state index contributed by atoms with van der Waals surface area (Å²) in [4.78, 5) is 58.8. The van der Waals surface area contributed by atoms with E-state index in [-0.39, 0.29) is 42.1 Å². The van der Waals surface area contributed by atoms with Crippen molar-refractivity contribution in [1.29, 1.82) is 0 Å². The molecule has 0 radical (unpaired) electrons. The average Bonchev–Trinajstić information content (AvgIpc) is 3.69. The summed E-state index contributed by atoms with van der Waals surface area (Å²) in [6.45, 7) is 4.36. The van der Waals surface area contributed by atoms with Crippen molar-refractivity contribution in [1.82, 2.24) is 44.7 Å². The summed E-state index contributed by atoms with van der Waals surface area (Å²) < 4.78 is 4.93. The van der Waals surface area contributed by atoms with Gasteiger partial charge in [0.05, 0.1) is 28.8 Å². The number of carbonyl (C=O) groups excluding carboxylic acids is 3. The molecule has 0 spiro atoms. The predicted octanol–water partition coefficient (Wildman–Crippen LogP) is 4.78. The molecule has 13 heteroatoms. The van der Waals surface area contributed by atoms with Crippen LogP contribution in [0.25, 0.3) is 55.2 Å². The second-order valence-electron chi connectivity index (χ2n) is 13.7. The lowest BCUT2D eigenvalue weighted by Crippen LogP contribution is -2.42. The van der Waals surface area contributed by atoms with Crippen molar-refractivity contribution in [2.45, 2.75) is 38.6 Å². The third kappa shape index (κ3) is 6.07. The van der Waals surface area contributed by atoms with Crippen LogP contribution in [0.2, 0.25) is 0 Å². The maximum Gasteiger partial charge on any atom is 0.328 e. The topological polar surface area (TPSA) is 159 Å². The molecular weight excluding hydrogens is 683 g/mol. The van der Waals surface area contributed by atoms with Gasteiger partial charge >= 0.3 is 5.69 Å². The van der Waals surface area contributed by atoms with Crippen molar-refractivity contribution in [3.8, 4) is 34.2 Å². The van der Waals surface area contributed by atoms with Gasteiger partial charge in [-0.2, -0.15) is 0 Å². The van der Waals surface area contributed by atoms with Gasteiger partial charge in [0.25, 0.3) is 11.8 Å². The Kier molecular flexibility index (Phi) is 8.58. The van der Waals surface area contributed by atoms with Crippen LogP contribution in [0.15, 0.2) is 83.9 Å². The first-order valence-corrected chi connectivity index (χ1v) is 17.6. The summed E-state index contributed by atoms with van der Waals surface area (Å²) in [5, 5.41) is 15.4. The lowest BCUT2D eigenvalue weighted by molar-refractivity contribution is -0.135. The van der Waals surface area contributed by atoms with Crippen LogP contribution in [0.1, 0.15) is 60.3 Å². The standard InChI is InChI=1S/C41H35N9O4/c1-23(2)29-18-27(20-36-38(29)49(4)41(54)48(36)3)28-9-5-8-25-19-33(44-22-30(25)28)26-11-13-32(43-21-26)39(52)42-16-6-7-24-10-12-31-35(17-24)50(47-46-31)34-14-15-37(51)45-40(34)53/h5,8-13,17-23,34H,14-16H2,1-4H3,(H,42,52)(H,45,51,53). The molecule has 4 aromatic heterocycles. The van der Waals surface area contributed by atoms with E-state index in [4.69, 9.17) is 4.98 Å². The first-order chi connectivity index (χ1) is 26.1. The molecule has 5 heterocycles. The van der Waals surface area contributed by atoms with E-state index in [1.165, 1.54) is 4.68 Å². The highest BCUT2D eigenvalue weighted by Gasteiger charge is 2.30. The van der Waals surface area contributed by atoms with Crippen LogP contribution in [0.5, 0.6) is 0 Å². The minimum absolute atomic E-state index is 0.0538. The summed E-state index contributed by atoms with van der Waals surface area (Å²) in [5.41, 5.74) is 8.57. The average molecular weight is 718 g/mol. The molecule has 1 atom stereocenters. The Morgan fingerprint density at radius 2 is 1.80 bits per heavy atom. The van der Waals surface area contributed by atoms with E-state index in [9.17, 15) is 19.2 Å². The fraction of sp³-hybridized carbons (Fsp3) is 0.220. The van der Waals surface area contributed by atoms with E-state index in [2.05, 4.69) is 69.8 Å². The molecule has 0 aliphatic carbocycles. The van der Waals surface area contributed by atoms with Gasteiger partial charge in [-0.25, -0.2) is 9.48 Å². The largest absolute Gasteiger partial charge is 0.340 e. The van der Waals surface area contributed by atoms with Crippen molar-refractivity contribution in [3.05, 3.63) is 106 Å². The van der Waals surface area contributed by atoms with E-state index in [0.29, 0.717) is 23.0 Å². The third-order valence-corrected chi connectivity index (χ3v) is 9.93. The molecule has 1 saturated heterocycles. The van der Waals surface area contributed by atoms with Gasteiger partial charge in [0, 0.05) is 49.4 Å². The SMILES string of the molecule is CC(C)c1cc(-c2cccc3cc(-c4ccc(C(=O)NCC#Cc5ccc6nnn(C7CCC(=O)NC7=O)c6c5)nc4)ncc23)cc2c1n(C)c(=O)n2C. The number of nitrogens with one attached hydrogen (secondary N) is 2. The van der Waals surface area contributed by atoms with E-state index in [1.54, 1.807) is 46.6 Å². The van der Waals surface area contributed by atoms with Crippen LogP contribution < -0.4 is 16.3 Å². The molecule has 1 aliphatic rings. The van der Waals surface area contributed by atoms with Crippen LogP contribution in [0, 0.1) is 11.8 Å². The predicted molar refractivity (Wildman–Crippen MR) is 204 cm³/mol. The number of nitrogens with zero attached hydrogens (tertiary/aromatic N) is 7. The minimum atomic E-state index is -0.627. The number of amides is 3. The number of hydrogen-bond acceptors (Lipinski definition) is 8. The molecule has 1 unspecified atom stereocenters. The molecule has 8 rings (SSSR count). The first kappa shape index (κ1) is 34.2. The Balaban J connectivity index is 0.968. The van der Waals surface area contributed by atoms with Crippen LogP contribution in [0.3, 0.4) is 0 Å². The molecule has 3 aromatic carbocycles. The number of imidazole rings is 1. The number of imide groups is 1. The maximum atomic E-state index is 12.9. The number of benzene rings is 3. The number of carbonyl (C=O) groups is 3. The number of fused-ring (bicyclic) bond motifs is 3. The van der Waals surface area contributed by atoms with Crippen molar-refractivity contribution in [2.24, 2.45) is 14.1 Å². The highest BCUT2D eigenvalue weighted by Crippen LogP contribution is 2.35. The number of aryl methyl sites for hydroxylation is 2. The summed E-state index contributed by atoms with van der Waals surface area (Å²) >= 11 is 0. The first-order valence-electron chi connectivity index (χ1n) is 17.6. The fourth-order valence-corrected chi connectivity index (χ4v) is 7.06. The Labute approximate surface area is 309 Å². The normalized spacial score (nSPS) is 14.4. The molecule has 268 valence electrons. The summed E-state index contributed by atoms with van der Waals surface area (Å²) in [6.07, 6.45) is 4.07. The summed E-state index contributed by atoms with van der Waals surface area (Å²) in [7, 11) is 3.62.